The van der Waals surface area contributed by atoms with E-state index < -0.39 is 0 Å². The van der Waals surface area contributed by atoms with E-state index in [2.05, 4.69) is 146 Å². The molecule has 0 atom stereocenters. The van der Waals surface area contributed by atoms with Crippen molar-refractivity contribution in [2.75, 3.05) is 0 Å². The molecule has 2 nitrogen and oxygen atoms in total. The highest BCUT2D eigenvalue weighted by molar-refractivity contribution is 5.88. The number of hydrogen-bond acceptors (Lipinski definition) is 2. The predicted octanol–water partition coefficient (Wildman–Crippen LogP) is 10.6. The van der Waals surface area contributed by atoms with Crippen LogP contribution >= 0.6 is 0 Å². The molecule has 0 aliphatic heterocycles. The van der Waals surface area contributed by atoms with Crippen molar-refractivity contribution >= 4 is 57.3 Å². The van der Waals surface area contributed by atoms with Gasteiger partial charge in [0.2, 0.25) is 0 Å². The highest BCUT2D eigenvalue weighted by Crippen LogP contribution is 2.26. The molecule has 202 valence electrons. The van der Waals surface area contributed by atoms with Crippen LogP contribution in [-0.4, -0.2) is 9.97 Å². The number of aromatic nitrogens is 2. The lowest BCUT2D eigenvalue weighted by Gasteiger charge is -2.08. The number of hydrogen-bond donors (Lipinski definition) is 0. The highest BCUT2D eigenvalue weighted by Gasteiger charge is 2.05. The first-order chi connectivity index (χ1) is 20.8. The van der Waals surface area contributed by atoms with E-state index in [-0.39, 0.29) is 0 Å². The molecule has 0 radical (unpaired) electrons. The van der Waals surface area contributed by atoms with Gasteiger partial charge in [0.05, 0.1) is 22.4 Å². The molecule has 2 heteroatoms. The molecule has 5 aromatic rings. The number of allylic oxidation sites excluding steroid dienone is 8. The maximum Gasteiger partial charge on any atom is 0.0709 e. The van der Waals surface area contributed by atoms with Crippen LogP contribution in [0.4, 0.5) is 0 Å². The largest absolute Gasteiger partial charge is 0.248 e. The van der Waals surface area contributed by atoms with Gasteiger partial charge in [0.15, 0.2) is 0 Å². The first kappa shape index (κ1) is 25.9. The van der Waals surface area contributed by atoms with Crippen molar-refractivity contribution in [2.45, 2.75) is 25.7 Å². The van der Waals surface area contributed by atoms with Gasteiger partial charge in [-0.05, 0) is 108 Å². The minimum atomic E-state index is 0.956. The maximum absolute atomic E-state index is 4.86. The van der Waals surface area contributed by atoms with Gasteiger partial charge in [0.1, 0.15) is 0 Å². The number of fused-ring (bicyclic) bond motifs is 2. The van der Waals surface area contributed by atoms with Gasteiger partial charge in [-0.1, -0.05) is 97.1 Å². The van der Waals surface area contributed by atoms with Crippen LogP contribution in [0.15, 0.2) is 121 Å². The van der Waals surface area contributed by atoms with Crippen molar-refractivity contribution in [3.63, 3.8) is 0 Å². The van der Waals surface area contributed by atoms with Crippen molar-refractivity contribution < 1.29 is 0 Å². The quantitative estimate of drug-likeness (QED) is 0.214. The lowest BCUT2D eigenvalue weighted by Crippen LogP contribution is -1.88. The number of rotatable bonds is 6. The molecule has 0 saturated heterocycles. The average molecular weight is 541 g/mol. The molecule has 2 aliphatic carbocycles. The SMILES string of the molecule is C1=CC(c2ccc3nc(/C=C/c4ccc(/C=C/c5ccc6cc(C7=CCCC=C7)ccc6n5)cc4)ccc3c2)=CCC1. The summed E-state index contributed by atoms with van der Waals surface area (Å²) in [6.07, 6.45) is 26.5. The van der Waals surface area contributed by atoms with E-state index in [1.54, 1.807) is 0 Å². The zero-order valence-electron chi connectivity index (χ0n) is 23.6. The van der Waals surface area contributed by atoms with Crippen LogP contribution in [0, 0.1) is 0 Å². The standard InChI is InChI=1S/C40H32N2/c1-3-7-31(8-4-1)33-19-25-39-35(27-33)17-23-37(41-39)21-15-29-11-13-30(14-12-29)16-22-38-24-18-36-28-34(20-26-40(36)42-38)32-9-5-2-6-10-32/h3,5,7-28H,1-2,4,6H2/b21-15+,22-16+. The fraction of sp³-hybridized carbons (Fsp3) is 0.100. The second-order valence-electron chi connectivity index (χ2n) is 10.9. The van der Waals surface area contributed by atoms with Crippen LogP contribution in [0.25, 0.3) is 57.3 Å². The van der Waals surface area contributed by atoms with Crippen LogP contribution in [-0.2, 0) is 0 Å². The van der Waals surface area contributed by atoms with E-state index in [4.69, 9.17) is 9.97 Å². The molecular weight excluding hydrogens is 508 g/mol. The molecular formula is C40H32N2. The Morgan fingerprint density at radius 2 is 0.929 bits per heavy atom. The number of pyridine rings is 2. The number of nitrogens with zero attached hydrogens (tertiary/aromatic N) is 2. The van der Waals surface area contributed by atoms with E-state index >= 15 is 0 Å². The Bertz CT molecular complexity index is 1820. The zero-order valence-corrected chi connectivity index (χ0v) is 23.6. The summed E-state index contributed by atoms with van der Waals surface area (Å²) in [5.74, 6) is 0. The molecule has 0 saturated carbocycles. The van der Waals surface area contributed by atoms with E-state index in [0.29, 0.717) is 0 Å². The third-order valence-electron chi connectivity index (χ3n) is 7.91. The van der Waals surface area contributed by atoms with E-state index in [0.717, 1.165) is 59.2 Å². The van der Waals surface area contributed by atoms with Crippen LogP contribution in [0.3, 0.4) is 0 Å². The number of benzene rings is 3. The molecule has 0 spiro atoms. The summed E-state index contributed by atoms with van der Waals surface area (Å²) in [6.45, 7) is 0. The van der Waals surface area contributed by atoms with Crippen LogP contribution in [0.2, 0.25) is 0 Å². The Hall–Kier alpha value is -5.08. The summed E-state index contributed by atoms with van der Waals surface area (Å²) in [4.78, 5) is 9.72. The molecule has 0 amide bonds. The van der Waals surface area contributed by atoms with Gasteiger partial charge in [-0.3, -0.25) is 0 Å². The van der Waals surface area contributed by atoms with Gasteiger partial charge in [-0.15, -0.1) is 0 Å². The molecule has 0 bridgehead atoms. The maximum atomic E-state index is 4.86. The monoisotopic (exact) mass is 540 g/mol. The summed E-state index contributed by atoms with van der Waals surface area (Å²) in [7, 11) is 0. The lowest BCUT2D eigenvalue weighted by molar-refractivity contribution is 1.04. The summed E-state index contributed by atoms with van der Waals surface area (Å²) >= 11 is 0. The topological polar surface area (TPSA) is 25.8 Å². The molecule has 2 heterocycles. The van der Waals surface area contributed by atoms with Gasteiger partial charge < -0.3 is 0 Å². The smallest absolute Gasteiger partial charge is 0.0709 e. The van der Waals surface area contributed by atoms with E-state index in [1.165, 1.54) is 33.0 Å². The second kappa shape index (κ2) is 11.8. The van der Waals surface area contributed by atoms with Crippen molar-refractivity contribution in [3.8, 4) is 0 Å². The Morgan fingerprint density at radius 1 is 0.452 bits per heavy atom. The third kappa shape index (κ3) is 5.84. The molecule has 0 fully saturated rings. The van der Waals surface area contributed by atoms with Gasteiger partial charge in [0.25, 0.3) is 0 Å². The van der Waals surface area contributed by atoms with Gasteiger partial charge >= 0.3 is 0 Å². The Balaban J connectivity index is 1.01. The van der Waals surface area contributed by atoms with Crippen molar-refractivity contribution in [2.24, 2.45) is 0 Å². The van der Waals surface area contributed by atoms with Crippen LogP contribution in [0.5, 0.6) is 0 Å². The van der Waals surface area contributed by atoms with Gasteiger partial charge in [0, 0.05) is 10.8 Å². The summed E-state index contributed by atoms with van der Waals surface area (Å²) < 4.78 is 0. The van der Waals surface area contributed by atoms with Crippen molar-refractivity contribution in [1.29, 1.82) is 0 Å². The summed E-state index contributed by atoms with van der Waals surface area (Å²) in [5.41, 5.74) is 11.4. The van der Waals surface area contributed by atoms with Gasteiger partial charge in [-0.25, -0.2) is 9.97 Å². The van der Waals surface area contributed by atoms with Crippen molar-refractivity contribution in [3.05, 3.63) is 155 Å². The second-order valence-corrected chi connectivity index (χ2v) is 10.9. The predicted molar refractivity (Wildman–Crippen MR) is 180 cm³/mol. The molecule has 0 N–H and O–H groups in total. The van der Waals surface area contributed by atoms with Gasteiger partial charge in [-0.2, -0.15) is 0 Å². The van der Waals surface area contributed by atoms with E-state index in [1.807, 2.05) is 0 Å². The minimum Gasteiger partial charge on any atom is -0.248 e. The Morgan fingerprint density at radius 3 is 1.36 bits per heavy atom. The Kier molecular flexibility index (Phi) is 7.27. The van der Waals surface area contributed by atoms with Crippen LogP contribution in [0.1, 0.15) is 59.3 Å². The molecule has 2 aliphatic rings. The first-order valence-corrected chi connectivity index (χ1v) is 14.8. The summed E-state index contributed by atoms with van der Waals surface area (Å²) in [5, 5.41) is 2.33. The van der Waals surface area contributed by atoms with Crippen molar-refractivity contribution in [1.82, 2.24) is 9.97 Å². The molecule has 3 aromatic carbocycles. The zero-order chi connectivity index (χ0) is 28.1. The molecule has 42 heavy (non-hydrogen) atoms. The minimum absolute atomic E-state index is 0.956. The lowest BCUT2D eigenvalue weighted by atomic mass is 9.98. The summed E-state index contributed by atoms with van der Waals surface area (Å²) in [6, 6.07) is 30.1. The fourth-order valence-electron chi connectivity index (χ4n) is 5.56. The van der Waals surface area contributed by atoms with Crippen LogP contribution < -0.4 is 0 Å². The third-order valence-corrected chi connectivity index (χ3v) is 7.91. The highest BCUT2D eigenvalue weighted by atomic mass is 14.7. The normalized spacial score (nSPS) is 15.1. The fourth-order valence-corrected chi connectivity index (χ4v) is 5.56. The average Bonchev–Trinajstić information content (AvgIpc) is 3.07. The molecule has 2 aromatic heterocycles. The first-order valence-electron chi connectivity index (χ1n) is 14.8. The Labute approximate surface area is 247 Å². The molecule has 0 unspecified atom stereocenters. The molecule has 7 rings (SSSR count). The van der Waals surface area contributed by atoms with E-state index in [9.17, 15) is 0 Å².